The summed E-state index contributed by atoms with van der Waals surface area (Å²) in [6, 6.07) is 10.3. The van der Waals surface area contributed by atoms with Crippen molar-refractivity contribution < 1.29 is 14.3 Å². The molecule has 1 aliphatic heterocycles. The zero-order chi connectivity index (χ0) is 17.3. The van der Waals surface area contributed by atoms with Gasteiger partial charge in [0.1, 0.15) is 0 Å². The van der Waals surface area contributed by atoms with Gasteiger partial charge in [0.2, 0.25) is 0 Å². The first-order valence-electron chi connectivity index (χ1n) is 9.61. The summed E-state index contributed by atoms with van der Waals surface area (Å²) in [6.07, 6.45) is 6.77. The number of nitrogens with one attached hydrogen (secondary N) is 2. The third-order valence-corrected chi connectivity index (χ3v) is 5.20. The highest BCUT2D eigenvalue weighted by atomic mass is 16.5. The van der Waals surface area contributed by atoms with Crippen molar-refractivity contribution in [3.63, 3.8) is 0 Å². The molecule has 1 saturated heterocycles. The molecule has 25 heavy (non-hydrogen) atoms. The molecule has 5 heteroatoms. The van der Waals surface area contributed by atoms with Gasteiger partial charge in [-0.15, -0.1) is 0 Å². The fourth-order valence-corrected chi connectivity index (χ4v) is 3.47. The summed E-state index contributed by atoms with van der Waals surface area (Å²) in [5.74, 6) is 0.560. The van der Waals surface area contributed by atoms with Gasteiger partial charge < -0.3 is 20.1 Å². The standard InChI is InChI=1S/C20H30N2O3/c23-20(21-12-5-13-25-18-10-14-24-15-11-18)22-19(17-8-4-9-17)16-6-2-1-3-7-16/h1-3,6-7,17-19H,4-5,8-15H2,(H2,21,22,23)/t19-/m0/s1. The Morgan fingerprint density at radius 2 is 1.92 bits per heavy atom. The first-order valence-corrected chi connectivity index (χ1v) is 9.61. The third-order valence-electron chi connectivity index (χ3n) is 5.20. The fourth-order valence-electron chi connectivity index (χ4n) is 3.47. The van der Waals surface area contributed by atoms with Crippen molar-refractivity contribution in [2.75, 3.05) is 26.4 Å². The van der Waals surface area contributed by atoms with Crippen molar-refractivity contribution in [3.05, 3.63) is 35.9 Å². The Balaban J connectivity index is 1.35. The lowest BCUT2D eigenvalue weighted by Crippen LogP contribution is -2.42. The van der Waals surface area contributed by atoms with Crippen LogP contribution in [0.1, 0.15) is 50.1 Å². The Labute approximate surface area is 150 Å². The Morgan fingerprint density at radius 1 is 1.16 bits per heavy atom. The van der Waals surface area contributed by atoms with Crippen LogP contribution in [0.3, 0.4) is 0 Å². The molecule has 1 atom stereocenters. The van der Waals surface area contributed by atoms with Gasteiger partial charge in [-0.05, 0) is 43.6 Å². The van der Waals surface area contributed by atoms with Crippen molar-refractivity contribution in [1.82, 2.24) is 10.6 Å². The molecule has 1 aromatic rings. The van der Waals surface area contributed by atoms with E-state index in [2.05, 4.69) is 22.8 Å². The number of carbonyl (C=O) groups is 1. The molecule has 1 heterocycles. The van der Waals surface area contributed by atoms with Crippen LogP contribution < -0.4 is 10.6 Å². The van der Waals surface area contributed by atoms with E-state index in [0.717, 1.165) is 32.5 Å². The molecule has 0 unspecified atom stereocenters. The van der Waals surface area contributed by atoms with Crippen molar-refractivity contribution >= 4 is 6.03 Å². The van der Waals surface area contributed by atoms with Crippen LogP contribution in [0.25, 0.3) is 0 Å². The van der Waals surface area contributed by atoms with Crippen molar-refractivity contribution in [2.45, 2.75) is 50.7 Å². The number of benzene rings is 1. The highest BCUT2D eigenvalue weighted by molar-refractivity contribution is 5.74. The Morgan fingerprint density at radius 3 is 2.60 bits per heavy atom. The molecule has 5 nitrogen and oxygen atoms in total. The van der Waals surface area contributed by atoms with Crippen molar-refractivity contribution in [1.29, 1.82) is 0 Å². The minimum atomic E-state index is -0.0770. The molecule has 0 bridgehead atoms. The Bertz CT molecular complexity index is 513. The number of amides is 2. The van der Waals surface area contributed by atoms with Gasteiger partial charge in [-0.2, -0.15) is 0 Å². The minimum Gasteiger partial charge on any atom is -0.381 e. The molecule has 0 radical (unpaired) electrons. The first kappa shape index (κ1) is 18.2. The second kappa shape index (κ2) is 9.78. The molecule has 1 saturated carbocycles. The molecule has 0 aromatic heterocycles. The van der Waals surface area contributed by atoms with Crippen molar-refractivity contribution in [2.24, 2.45) is 5.92 Å². The van der Waals surface area contributed by atoms with E-state index >= 15 is 0 Å². The van der Waals surface area contributed by atoms with Gasteiger partial charge in [0, 0.05) is 26.4 Å². The van der Waals surface area contributed by atoms with Crippen LogP contribution in [0.15, 0.2) is 30.3 Å². The SMILES string of the molecule is O=C(NCCCOC1CCOCC1)N[C@@H](c1ccccc1)C1CCC1. The maximum Gasteiger partial charge on any atom is 0.315 e. The van der Waals surface area contributed by atoms with Crippen LogP contribution in [0, 0.1) is 5.92 Å². The number of ether oxygens (including phenoxy) is 2. The maximum atomic E-state index is 12.3. The summed E-state index contributed by atoms with van der Waals surface area (Å²) in [7, 11) is 0. The molecule has 1 aromatic carbocycles. The number of rotatable bonds is 8. The zero-order valence-corrected chi connectivity index (χ0v) is 14.9. The van der Waals surface area contributed by atoms with Crippen LogP contribution in [-0.4, -0.2) is 38.5 Å². The van der Waals surface area contributed by atoms with E-state index < -0.39 is 0 Å². The highest BCUT2D eigenvalue weighted by Crippen LogP contribution is 2.37. The average Bonchev–Trinajstić information content (AvgIpc) is 2.61. The van der Waals surface area contributed by atoms with Crippen LogP contribution in [0.2, 0.25) is 0 Å². The molecular weight excluding hydrogens is 316 g/mol. The van der Waals surface area contributed by atoms with Crippen molar-refractivity contribution in [3.8, 4) is 0 Å². The predicted molar refractivity (Wildman–Crippen MR) is 97.5 cm³/mol. The number of urea groups is 1. The number of hydrogen-bond acceptors (Lipinski definition) is 3. The van der Waals surface area contributed by atoms with Gasteiger partial charge in [-0.1, -0.05) is 36.8 Å². The largest absolute Gasteiger partial charge is 0.381 e. The number of hydrogen-bond donors (Lipinski definition) is 2. The van der Waals surface area contributed by atoms with Gasteiger partial charge >= 0.3 is 6.03 Å². The summed E-state index contributed by atoms with van der Waals surface area (Å²) in [6.45, 7) is 2.93. The normalized spacial score (nSPS) is 19.8. The van der Waals surface area contributed by atoms with E-state index in [1.807, 2.05) is 18.2 Å². The van der Waals surface area contributed by atoms with Crippen LogP contribution >= 0.6 is 0 Å². The summed E-state index contributed by atoms with van der Waals surface area (Å²) in [4.78, 5) is 12.3. The summed E-state index contributed by atoms with van der Waals surface area (Å²) in [5.41, 5.74) is 1.20. The summed E-state index contributed by atoms with van der Waals surface area (Å²) >= 11 is 0. The summed E-state index contributed by atoms with van der Waals surface area (Å²) < 4.78 is 11.1. The van der Waals surface area contributed by atoms with Crippen LogP contribution in [0.5, 0.6) is 0 Å². The molecule has 0 spiro atoms. The van der Waals surface area contributed by atoms with E-state index in [-0.39, 0.29) is 12.1 Å². The molecule has 1 aliphatic carbocycles. The monoisotopic (exact) mass is 346 g/mol. The fraction of sp³-hybridized carbons (Fsp3) is 0.650. The molecular formula is C20H30N2O3. The van der Waals surface area contributed by atoms with Gasteiger partial charge in [0.15, 0.2) is 0 Å². The van der Waals surface area contributed by atoms with Crippen LogP contribution in [-0.2, 0) is 9.47 Å². The molecule has 138 valence electrons. The topological polar surface area (TPSA) is 59.6 Å². The first-order chi connectivity index (χ1) is 12.3. The second-order valence-electron chi connectivity index (χ2n) is 7.02. The zero-order valence-electron chi connectivity index (χ0n) is 14.9. The molecule has 2 amide bonds. The lowest BCUT2D eigenvalue weighted by molar-refractivity contribution is -0.0320. The van der Waals surface area contributed by atoms with E-state index in [0.29, 0.717) is 25.2 Å². The maximum absolute atomic E-state index is 12.3. The second-order valence-corrected chi connectivity index (χ2v) is 7.02. The van der Waals surface area contributed by atoms with E-state index in [1.54, 1.807) is 0 Å². The van der Waals surface area contributed by atoms with E-state index in [9.17, 15) is 4.79 Å². The van der Waals surface area contributed by atoms with E-state index in [4.69, 9.17) is 9.47 Å². The van der Waals surface area contributed by atoms with Crippen LogP contribution in [0.4, 0.5) is 4.79 Å². The Hall–Kier alpha value is -1.59. The third kappa shape index (κ3) is 5.72. The van der Waals surface area contributed by atoms with Gasteiger partial charge in [-0.3, -0.25) is 0 Å². The lowest BCUT2D eigenvalue weighted by Gasteiger charge is -2.34. The smallest absolute Gasteiger partial charge is 0.315 e. The molecule has 3 rings (SSSR count). The minimum absolute atomic E-state index is 0.0770. The molecule has 2 aliphatic rings. The molecule has 2 N–H and O–H groups in total. The average molecular weight is 346 g/mol. The Kier molecular flexibility index (Phi) is 7.12. The van der Waals surface area contributed by atoms with Gasteiger partial charge in [-0.25, -0.2) is 4.79 Å². The summed E-state index contributed by atoms with van der Waals surface area (Å²) in [5, 5.41) is 6.14. The lowest BCUT2D eigenvalue weighted by atomic mass is 9.77. The number of carbonyl (C=O) groups excluding carboxylic acids is 1. The van der Waals surface area contributed by atoms with E-state index in [1.165, 1.54) is 24.8 Å². The van der Waals surface area contributed by atoms with Gasteiger partial charge in [0.25, 0.3) is 0 Å². The predicted octanol–water partition coefficient (Wildman–Crippen LogP) is 3.41. The van der Waals surface area contributed by atoms with Gasteiger partial charge in [0.05, 0.1) is 12.1 Å². The highest BCUT2D eigenvalue weighted by Gasteiger charge is 2.29. The molecule has 2 fully saturated rings. The quantitative estimate of drug-likeness (QED) is 0.709.